The molecule has 1 amide bonds. The Balaban J connectivity index is 1.70. The van der Waals surface area contributed by atoms with Crippen LogP contribution in [0.15, 0.2) is 95.9 Å². The van der Waals surface area contributed by atoms with Crippen molar-refractivity contribution >= 4 is 38.1 Å². The van der Waals surface area contributed by atoms with Crippen molar-refractivity contribution in [2.45, 2.75) is 4.90 Å². The Morgan fingerprint density at radius 2 is 1.53 bits per heavy atom. The number of rotatable bonds is 8. The summed E-state index contributed by atoms with van der Waals surface area (Å²) in [5, 5.41) is 4.81. The van der Waals surface area contributed by atoms with Gasteiger partial charge in [0.15, 0.2) is 0 Å². The minimum atomic E-state index is -4.08. The third kappa shape index (κ3) is 4.82. The molecular formula is C26H24N2O5S. The highest BCUT2D eigenvalue weighted by molar-refractivity contribution is 7.92. The summed E-state index contributed by atoms with van der Waals surface area (Å²) >= 11 is 0. The summed E-state index contributed by atoms with van der Waals surface area (Å²) in [6.07, 6.45) is 0. The first-order chi connectivity index (χ1) is 16.4. The molecule has 0 aliphatic heterocycles. The molecule has 0 heterocycles. The molecule has 0 aliphatic carbocycles. The molecule has 0 atom stereocenters. The fourth-order valence-corrected chi connectivity index (χ4v) is 5.06. The van der Waals surface area contributed by atoms with E-state index in [1.807, 2.05) is 36.4 Å². The van der Waals surface area contributed by atoms with Crippen molar-refractivity contribution in [3.8, 4) is 11.5 Å². The van der Waals surface area contributed by atoms with Crippen molar-refractivity contribution < 1.29 is 22.7 Å². The topological polar surface area (TPSA) is 84.9 Å². The number of carbonyl (C=O) groups excluding carboxylic acids is 1. The average Bonchev–Trinajstić information content (AvgIpc) is 2.87. The predicted molar refractivity (Wildman–Crippen MR) is 133 cm³/mol. The van der Waals surface area contributed by atoms with Crippen LogP contribution in [-0.4, -0.2) is 35.1 Å². The van der Waals surface area contributed by atoms with Gasteiger partial charge in [0.25, 0.3) is 10.0 Å². The number of methoxy groups -OCH3 is 2. The van der Waals surface area contributed by atoms with Gasteiger partial charge in [-0.3, -0.25) is 9.10 Å². The smallest absolute Gasteiger partial charge is 0.264 e. The van der Waals surface area contributed by atoms with Crippen LogP contribution in [0.1, 0.15) is 0 Å². The Labute approximate surface area is 198 Å². The molecule has 0 spiro atoms. The van der Waals surface area contributed by atoms with Crippen LogP contribution in [-0.2, 0) is 14.8 Å². The van der Waals surface area contributed by atoms with Gasteiger partial charge in [0, 0.05) is 11.8 Å². The maximum Gasteiger partial charge on any atom is 0.264 e. The zero-order chi connectivity index (χ0) is 24.1. The Morgan fingerprint density at radius 1 is 0.824 bits per heavy atom. The third-order valence-electron chi connectivity index (χ3n) is 5.31. The SMILES string of the molecule is COc1ccc(N(CC(=O)Nc2ccc3ccccc3c2)S(=O)(=O)c2ccccc2)c(OC)c1. The fourth-order valence-electron chi connectivity index (χ4n) is 3.61. The number of ether oxygens (including phenoxy) is 2. The number of fused-ring (bicyclic) bond motifs is 1. The van der Waals surface area contributed by atoms with Gasteiger partial charge in [-0.15, -0.1) is 0 Å². The van der Waals surface area contributed by atoms with E-state index < -0.39 is 22.5 Å². The molecule has 0 aromatic heterocycles. The second-order valence-corrected chi connectivity index (χ2v) is 9.33. The van der Waals surface area contributed by atoms with Gasteiger partial charge in [-0.2, -0.15) is 0 Å². The van der Waals surface area contributed by atoms with Crippen LogP contribution in [0.4, 0.5) is 11.4 Å². The molecule has 8 heteroatoms. The Morgan fingerprint density at radius 3 is 2.24 bits per heavy atom. The molecule has 0 radical (unpaired) electrons. The summed E-state index contributed by atoms with van der Waals surface area (Å²) in [6.45, 7) is -0.452. The lowest BCUT2D eigenvalue weighted by atomic mass is 10.1. The van der Waals surface area contributed by atoms with E-state index in [1.54, 1.807) is 42.5 Å². The average molecular weight is 477 g/mol. The van der Waals surface area contributed by atoms with Gasteiger partial charge >= 0.3 is 0 Å². The standard InChI is InChI=1S/C26H24N2O5S/c1-32-22-14-15-24(25(17-22)33-2)28(34(30,31)23-10-4-3-5-11-23)18-26(29)27-21-13-12-19-8-6-7-9-20(19)16-21/h3-17H,18H2,1-2H3,(H,27,29). The lowest BCUT2D eigenvalue weighted by Crippen LogP contribution is -2.38. The maximum absolute atomic E-state index is 13.6. The molecule has 0 unspecified atom stereocenters. The summed E-state index contributed by atoms with van der Waals surface area (Å²) in [7, 11) is -1.14. The Kier molecular flexibility index (Phi) is 6.70. The molecule has 7 nitrogen and oxygen atoms in total. The van der Waals surface area contributed by atoms with Crippen LogP contribution in [0.5, 0.6) is 11.5 Å². The van der Waals surface area contributed by atoms with E-state index in [9.17, 15) is 13.2 Å². The number of nitrogens with zero attached hydrogens (tertiary/aromatic N) is 1. The molecule has 0 bridgehead atoms. The summed E-state index contributed by atoms with van der Waals surface area (Å²) in [6, 6.07) is 26.0. The van der Waals surface area contributed by atoms with Gasteiger partial charge in [-0.25, -0.2) is 8.42 Å². The van der Waals surface area contributed by atoms with Crippen molar-refractivity contribution in [3.63, 3.8) is 0 Å². The van der Waals surface area contributed by atoms with Gasteiger partial charge in [0.05, 0.1) is 24.8 Å². The zero-order valence-electron chi connectivity index (χ0n) is 18.8. The number of sulfonamides is 1. The van der Waals surface area contributed by atoms with Crippen molar-refractivity contribution in [1.29, 1.82) is 0 Å². The molecule has 0 fully saturated rings. The first-order valence-electron chi connectivity index (χ1n) is 10.5. The number of amides is 1. The summed E-state index contributed by atoms with van der Waals surface area (Å²) < 4.78 is 38.9. The Bertz CT molecular complexity index is 1420. The van der Waals surface area contributed by atoms with Gasteiger partial charge in [0.1, 0.15) is 18.0 Å². The molecule has 0 aliphatic rings. The van der Waals surface area contributed by atoms with E-state index in [0.717, 1.165) is 15.1 Å². The van der Waals surface area contributed by atoms with Gasteiger partial charge < -0.3 is 14.8 Å². The van der Waals surface area contributed by atoms with Crippen molar-refractivity contribution in [3.05, 3.63) is 91.0 Å². The highest BCUT2D eigenvalue weighted by Gasteiger charge is 2.29. The highest BCUT2D eigenvalue weighted by Crippen LogP contribution is 2.35. The molecule has 0 saturated carbocycles. The lowest BCUT2D eigenvalue weighted by Gasteiger charge is -2.26. The number of carbonyl (C=O) groups is 1. The zero-order valence-corrected chi connectivity index (χ0v) is 19.6. The molecule has 1 N–H and O–H groups in total. The maximum atomic E-state index is 13.6. The van der Waals surface area contributed by atoms with Crippen molar-refractivity contribution in [2.75, 3.05) is 30.4 Å². The highest BCUT2D eigenvalue weighted by atomic mass is 32.2. The van der Waals surface area contributed by atoms with Crippen molar-refractivity contribution in [1.82, 2.24) is 0 Å². The summed E-state index contributed by atoms with van der Waals surface area (Å²) in [5.41, 5.74) is 0.795. The number of anilines is 2. The van der Waals surface area contributed by atoms with E-state index in [-0.39, 0.29) is 16.3 Å². The normalized spacial score (nSPS) is 11.1. The van der Waals surface area contributed by atoms with Crippen LogP contribution in [0.3, 0.4) is 0 Å². The minimum Gasteiger partial charge on any atom is -0.497 e. The quantitative estimate of drug-likeness (QED) is 0.399. The Hall–Kier alpha value is -4.04. The molecule has 174 valence electrons. The largest absolute Gasteiger partial charge is 0.497 e. The summed E-state index contributed by atoms with van der Waals surface area (Å²) in [4.78, 5) is 13.1. The first-order valence-corrected chi connectivity index (χ1v) is 11.9. The molecular weight excluding hydrogens is 452 g/mol. The second kappa shape index (κ2) is 9.84. The monoisotopic (exact) mass is 476 g/mol. The third-order valence-corrected chi connectivity index (χ3v) is 7.08. The minimum absolute atomic E-state index is 0.0615. The second-order valence-electron chi connectivity index (χ2n) is 7.47. The van der Waals surface area contributed by atoms with Crippen LogP contribution < -0.4 is 19.1 Å². The number of nitrogens with one attached hydrogen (secondary N) is 1. The molecule has 4 rings (SSSR count). The first kappa shape index (κ1) is 23.1. The van der Waals surface area contributed by atoms with E-state index in [2.05, 4.69) is 5.32 Å². The molecule has 4 aromatic carbocycles. The number of hydrogen-bond donors (Lipinski definition) is 1. The van der Waals surface area contributed by atoms with E-state index in [4.69, 9.17) is 9.47 Å². The van der Waals surface area contributed by atoms with Gasteiger partial charge in [0.2, 0.25) is 5.91 Å². The fraction of sp³-hybridized carbons (Fsp3) is 0.115. The van der Waals surface area contributed by atoms with Crippen LogP contribution in [0.25, 0.3) is 10.8 Å². The van der Waals surface area contributed by atoms with Crippen LogP contribution in [0.2, 0.25) is 0 Å². The lowest BCUT2D eigenvalue weighted by molar-refractivity contribution is -0.114. The van der Waals surface area contributed by atoms with E-state index in [1.165, 1.54) is 26.4 Å². The van der Waals surface area contributed by atoms with Gasteiger partial charge in [-0.1, -0.05) is 48.5 Å². The van der Waals surface area contributed by atoms with Gasteiger partial charge in [-0.05, 0) is 47.2 Å². The number of benzene rings is 4. The predicted octanol–water partition coefficient (Wildman–Crippen LogP) is 4.69. The molecule has 34 heavy (non-hydrogen) atoms. The molecule has 0 saturated heterocycles. The van der Waals surface area contributed by atoms with Crippen molar-refractivity contribution in [2.24, 2.45) is 0 Å². The van der Waals surface area contributed by atoms with E-state index in [0.29, 0.717) is 11.4 Å². The summed E-state index contributed by atoms with van der Waals surface area (Å²) in [5.74, 6) is 0.267. The molecule has 4 aromatic rings. The number of hydrogen-bond acceptors (Lipinski definition) is 5. The van der Waals surface area contributed by atoms with E-state index >= 15 is 0 Å². The van der Waals surface area contributed by atoms with Crippen LogP contribution >= 0.6 is 0 Å². The van der Waals surface area contributed by atoms with Crippen LogP contribution in [0, 0.1) is 0 Å².